The van der Waals surface area contributed by atoms with Crippen molar-refractivity contribution in [1.82, 2.24) is 10.4 Å². The summed E-state index contributed by atoms with van der Waals surface area (Å²) in [4.78, 5) is 15.8. The molecule has 1 saturated carbocycles. The average molecular weight is 515 g/mol. The minimum Gasteiger partial charge on any atom is -0.497 e. The molecule has 2 aromatic rings. The van der Waals surface area contributed by atoms with Crippen molar-refractivity contribution in [3.8, 4) is 5.75 Å². The zero-order valence-electron chi connectivity index (χ0n) is 21.3. The fourth-order valence-corrected chi connectivity index (χ4v) is 2.48. The van der Waals surface area contributed by atoms with Crippen molar-refractivity contribution >= 4 is 5.91 Å². The Labute approximate surface area is 210 Å². The maximum Gasteiger partial charge on any atom is 0.416 e. The number of hydrogen-bond donors (Lipinski definition) is 3. The summed E-state index contributed by atoms with van der Waals surface area (Å²) in [6, 6.07) is 11.5. The SMILES string of the molecule is C1CCC1.CC(C)(C)OO.COc1ccc(CN(O)CC(=O)NCc2ccc(C(F)(F)F)cc2)cc1. The number of methoxy groups -OCH3 is 1. The lowest BCUT2D eigenvalue weighted by molar-refractivity contribution is -0.306. The van der Waals surface area contributed by atoms with Crippen LogP contribution in [0.25, 0.3) is 0 Å². The van der Waals surface area contributed by atoms with Gasteiger partial charge >= 0.3 is 6.18 Å². The second-order valence-electron chi connectivity index (χ2n) is 9.26. The van der Waals surface area contributed by atoms with Crippen molar-refractivity contribution in [3.63, 3.8) is 0 Å². The van der Waals surface area contributed by atoms with E-state index in [1.807, 2.05) is 0 Å². The van der Waals surface area contributed by atoms with E-state index in [2.05, 4.69) is 10.2 Å². The highest BCUT2D eigenvalue weighted by Crippen LogP contribution is 2.29. The molecule has 0 unspecified atom stereocenters. The highest BCUT2D eigenvalue weighted by atomic mass is 19.4. The van der Waals surface area contributed by atoms with Gasteiger partial charge in [0, 0.05) is 13.1 Å². The highest BCUT2D eigenvalue weighted by Gasteiger charge is 2.29. The lowest BCUT2D eigenvalue weighted by Gasteiger charge is -2.15. The van der Waals surface area contributed by atoms with Crippen molar-refractivity contribution in [2.24, 2.45) is 0 Å². The molecule has 0 bridgehead atoms. The van der Waals surface area contributed by atoms with Crippen LogP contribution in [-0.2, 0) is 28.9 Å². The van der Waals surface area contributed by atoms with E-state index >= 15 is 0 Å². The Hall–Kier alpha value is -2.66. The van der Waals surface area contributed by atoms with E-state index in [0.717, 1.165) is 22.8 Å². The smallest absolute Gasteiger partial charge is 0.416 e. The van der Waals surface area contributed by atoms with Crippen LogP contribution in [0.5, 0.6) is 5.75 Å². The van der Waals surface area contributed by atoms with E-state index in [9.17, 15) is 23.2 Å². The van der Waals surface area contributed by atoms with Crippen LogP contribution in [-0.4, -0.2) is 40.7 Å². The molecule has 7 nitrogen and oxygen atoms in total. The van der Waals surface area contributed by atoms with E-state index in [1.54, 1.807) is 52.1 Å². The number of hydroxylamine groups is 2. The van der Waals surface area contributed by atoms with Crippen LogP contribution in [0.1, 0.15) is 63.1 Å². The minimum atomic E-state index is -4.39. The molecule has 3 rings (SSSR count). The fraction of sp³-hybridized carbons (Fsp3) is 0.500. The number of amides is 1. The molecule has 0 saturated heterocycles. The summed E-state index contributed by atoms with van der Waals surface area (Å²) < 4.78 is 42.5. The van der Waals surface area contributed by atoms with Crippen molar-refractivity contribution in [2.45, 2.75) is 71.3 Å². The molecule has 1 aliphatic rings. The Morgan fingerprint density at radius 2 is 1.42 bits per heavy atom. The number of hydrogen-bond acceptors (Lipinski definition) is 6. The van der Waals surface area contributed by atoms with Crippen LogP contribution in [0.4, 0.5) is 13.2 Å². The molecule has 0 aliphatic heterocycles. The quantitative estimate of drug-likeness (QED) is 0.308. The number of benzene rings is 2. The topological polar surface area (TPSA) is 91.3 Å². The first kappa shape index (κ1) is 31.4. The maximum atomic E-state index is 12.5. The molecule has 0 aromatic heterocycles. The number of nitrogens with zero attached hydrogens (tertiary/aromatic N) is 1. The lowest BCUT2D eigenvalue weighted by atomic mass is 10.0. The summed E-state index contributed by atoms with van der Waals surface area (Å²) in [6.45, 7) is 5.28. The second-order valence-corrected chi connectivity index (χ2v) is 9.26. The molecule has 202 valence electrons. The average Bonchev–Trinajstić information content (AvgIpc) is 2.76. The van der Waals surface area contributed by atoms with Gasteiger partial charge in [-0.3, -0.25) is 10.1 Å². The standard InChI is InChI=1S/C18H19F3N2O3.C4H10O2.C4H8/c1-26-16-8-4-14(5-9-16)11-23(25)12-17(24)22-10-13-2-6-15(7-3-13)18(19,20)21;1-4(2,3)6-5;1-2-4-3-1/h2-9,25H,10-12H2,1H3,(H,22,24);5H,1-3H3;1-4H2. The van der Waals surface area contributed by atoms with Gasteiger partial charge in [0.1, 0.15) is 12.3 Å². The van der Waals surface area contributed by atoms with Crippen molar-refractivity contribution in [3.05, 3.63) is 65.2 Å². The molecular weight excluding hydrogens is 477 g/mol. The van der Waals surface area contributed by atoms with Crippen LogP contribution in [0.2, 0.25) is 0 Å². The van der Waals surface area contributed by atoms with Crippen molar-refractivity contribution in [1.29, 1.82) is 0 Å². The van der Waals surface area contributed by atoms with Crippen molar-refractivity contribution < 1.29 is 38.1 Å². The van der Waals surface area contributed by atoms with Gasteiger partial charge in [-0.25, -0.2) is 4.89 Å². The molecule has 0 spiro atoms. The number of nitrogens with one attached hydrogen (secondary N) is 1. The molecule has 1 fully saturated rings. The summed E-state index contributed by atoms with van der Waals surface area (Å²) >= 11 is 0. The second kappa shape index (κ2) is 15.5. The molecule has 3 N–H and O–H groups in total. The number of halogens is 3. The van der Waals surface area contributed by atoms with Gasteiger partial charge in [-0.2, -0.15) is 18.2 Å². The monoisotopic (exact) mass is 514 g/mol. The Morgan fingerprint density at radius 3 is 1.81 bits per heavy atom. The number of rotatable bonds is 7. The zero-order chi connectivity index (χ0) is 27.2. The van der Waals surface area contributed by atoms with Crippen LogP contribution in [0.3, 0.4) is 0 Å². The summed E-state index contributed by atoms with van der Waals surface area (Å²) in [7, 11) is 1.55. The highest BCUT2D eigenvalue weighted by molar-refractivity contribution is 5.77. The Morgan fingerprint density at radius 1 is 0.944 bits per heavy atom. The predicted molar refractivity (Wildman–Crippen MR) is 130 cm³/mol. The minimum absolute atomic E-state index is 0.0767. The third-order valence-electron chi connectivity index (χ3n) is 4.90. The van der Waals surface area contributed by atoms with E-state index in [4.69, 9.17) is 9.99 Å². The molecule has 2 aromatic carbocycles. The molecule has 0 radical (unpaired) electrons. The van der Waals surface area contributed by atoms with Gasteiger partial charge in [-0.1, -0.05) is 49.9 Å². The number of carbonyl (C=O) groups is 1. The van der Waals surface area contributed by atoms with Crippen LogP contribution >= 0.6 is 0 Å². The summed E-state index contributed by atoms with van der Waals surface area (Å²) in [5.74, 6) is 0.244. The first-order valence-electron chi connectivity index (χ1n) is 11.7. The molecule has 36 heavy (non-hydrogen) atoms. The lowest BCUT2D eigenvalue weighted by Crippen LogP contribution is -2.34. The van der Waals surface area contributed by atoms with Gasteiger partial charge in [-0.15, -0.1) is 0 Å². The largest absolute Gasteiger partial charge is 0.497 e. The number of carbonyl (C=O) groups excluding carboxylic acids is 1. The summed E-state index contributed by atoms with van der Waals surface area (Å²) in [6.07, 6.45) is 1.61. The van der Waals surface area contributed by atoms with E-state index in [-0.39, 0.29) is 19.6 Å². The van der Waals surface area contributed by atoms with Gasteiger partial charge in [0.25, 0.3) is 0 Å². The molecule has 0 heterocycles. The van der Waals surface area contributed by atoms with Crippen LogP contribution in [0.15, 0.2) is 48.5 Å². The Kier molecular flexibility index (Phi) is 13.5. The zero-order valence-corrected chi connectivity index (χ0v) is 21.3. The van der Waals surface area contributed by atoms with Gasteiger partial charge in [0.15, 0.2) is 0 Å². The fourth-order valence-electron chi connectivity index (χ4n) is 2.48. The number of ether oxygens (including phenoxy) is 1. The number of alkyl halides is 3. The van der Waals surface area contributed by atoms with E-state index in [0.29, 0.717) is 11.3 Å². The Balaban J connectivity index is 0.000000538. The van der Waals surface area contributed by atoms with Gasteiger partial charge < -0.3 is 15.3 Å². The van der Waals surface area contributed by atoms with Crippen molar-refractivity contribution in [2.75, 3.05) is 13.7 Å². The summed E-state index contributed by atoms with van der Waals surface area (Å²) in [5, 5.41) is 21.1. The van der Waals surface area contributed by atoms with Crippen LogP contribution < -0.4 is 10.1 Å². The third-order valence-corrected chi connectivity index (χ3v) is 4.90. The molecule has 0 atom stereocenters. The third kappa shape index (κ3) is 14.0. The molecular formula is C26H37F3N2O5. The first-order valence-corrected chi connectivity index (χ1v) is 11.7. The van der Waals surface area contributed by atoms with Gasteiger partial charge in [-0.05, 0) is 56.2 Å². The maximum absolute atomic E-state index is 12.5. The Bertz CT molecular complexity index is 874. The van der Waals surface area contributed by atoms with Gasteiger partial charge in [0.05, 0.1) is 18.3 Å². The van der Waals surface area contributed by atoms with Crippen LogP contribution in [0, 0.1) is 0 Å². The first-order chi connectivity index (χ1) is 16.8. The molecule has 1 amide bonds. The normalized spacial score (nSPS) is 12.9. The van der Waals surface area contributed by atoms with E-state index in [1.165, 1.54) is 37.8 Å². The predicted octanol–water partition coefficient (Wildman–Crippen LogP) is 6.06. The molecule has 1 aliphatic carbocycles. The van der Waals surface area contributed by atoms with Gasteiger partial charge in [0.2, 0.25) is 5.91 Å². The van der Waals surface area contributed by atoms with E-state index < -0.39 is 23.2 Å². The summed E-state index contributed by atoms with van der Waals surface area (Å²) in [5.41, 5.74) is 0.184. The molecule has 10 heteroatoms.